The summed E-state index contributed by atoms with van der Waals surface area (Å²) in [6.07, 6.45) is 3.67. The molecule has 0 atom stereocenters. The second kappa shape index (κ2) is 7.95. The number of aliphatic imine (C=N–C) groups is 1. The molecule has 0 saturated carbocycles. The molecule has 2 aromatic carbocycles. The summed E-state index contributed by atoms with van der Waals surface area (Å²) in [7, 11) is 0. The van der Waals surface area contributed by atoms with Crippen molar-refractivity contribution < 1.29 is 9.13 Å². The van der Waals surface area contributed by atoms with E-state index in [1.54, 1.807) is 6.34 Å². The molecule has 0 N–H and O–H groups in total. The third kappa shape index (κ3) is 4.28. The van der Waals surface area contributed by atoms with Gasteiger partial charge in [0, 0.05) is 13.1 Å². The molecule has 0 saturated heterocycles. The fourth-order valence-corrected chi connectivity index (χ4v) is 2.98. The van der Waals surface area contributed by atoms with Gasteiger partial charge in [-0.1, -0.05) is 54.6 Å². The Labute approximate surface area is 157 Å². The fraction of sp³-hybridized carbons (Fsp3) is 0.190. The normalized spacial score (nSPS) is 13.6. The summed E-state index contributed by atoms with van der Waals surface area (Å²) in [6, 6.07) is 18.1. The van der Waals surface area contributed by atoms with E-state index in [0.717, 1.165) is 31.3 Å². The smallest absolute Gasteiger partial charge is 0.318 e. The zero-order valence-electron chi connectivity index (χ0n) is 14.8. The van der Waals surface area contributed by atoms with Crippen LogP contribution in [0.3, 0.4) is 0 Å². The Bertz CT molecular complexity index is 946. The van der Waals surface area contributed by atoms with Crippen molar-refractivity contribution in [2.45, 2.75) is 19.6 Å². The van der Waals surface area contributed by atoms with E-state index in [2.05, 4.69) is 33.2 Å². The van der Waals surface area contributed by atoms with Gasteiger partial charge in [0.15, 0.2) is 11.6 Å². The predicted octanol–water partition coefficient (Wildman–Crippen LogP) is 3.91. The number of hydrogen-bond acceptors (Lipinski definition) is 4. The molecule has 1 aromatic heterocycles. The lowest BCUT2D eigenvalue weighted by Crippen LogP contribution is -2.29. The molecule has 0 amide bonds. The lowest BCUT2D eigenvalue weighted by atomic mass is 10.0. The zero-order chi connectivity index (χ0) is 18.5. The predicted molar refractivity (Wildman–Crippen MR) is 101 cm³/mol. The van der Waals surface area contributed by atoms with Crippen LogP contribution in [-0.4, -0.2) is 27.8 Å². The molecular weight excluding hydrogens is 343 g/mol. The van der Waals surface area contributed by atoms with Gasteiger partial charge in [-0.3, -0.25) is 0 Å². The third-order valence-corrected chi connectivity index (χ3v) is 4.42. The first-order valence-electron chi connectivity index (χ1n) is 8.82. The molecule has 2 heterocycles. The minimum absolute atomic E-state index is 0.0214. The van der Waals surface area contributed by atoms with Gasteiger partial charge in [0.25, 0.3) is 0 Å². The van der Waals surface area contributed by atoms with E-state index in [4.69, 9.17) is 4.74 Å². The molecule has 3 aromatic rings. The van der Waals surface area contributed by atoms with Gasteiger partial charge < -0.3 is 9.64 Å². The number of benzene rings is 2. The van der Waals surface area contributed by atoms with Crippen LogP contribution in [0.15, 0.2) is 65.8 Å². The van der Waals surface area contributed by atoms with Gasteiger partial charge in [-0.05, 0) is 23.1 Å². The van der Waals surface area contributed by atoms with E-state index in [9.17, 15) is 4.39 Å². The van der Waals surface area contributed by atoms with E-state index in [-0.39, 0.29) is 11.8 Å². The SMILES string of the molecule is Fc1cnc(OCc2ccccc2)nc1N=CN1CCc2ccccc2C1. The minimum atomic E-state index is -0.573. The second-order valence-corrected chi connectivity index (χ2v) is 6.33. The number of hydrogen-bond donors (Lipinski definition) is 0. The Morgan fingerprint density at radius 2 is 1.85 bits per heavy atom. The Morgan fingerprint density at radius 1 is 1.07 bits per heavy atom. The third-order valence-electron chi connectivity index (χ3n) is 4.42. The molecular formula is C21H19FN4O. The first-order valence-corrected chi connectivity index (χ1v) is 8.82. The standard InChI is InChI=1S/C21H19FN4O/c22-19-12-23-21(27-14-16-6-2-1-3-7-16)25-20(19)24-15-26-11-10-17-8-4-5-9-18(17)13-26/h1-9,12,15H,10-11,13-14H2. The van der Waals surface area contributed by atoms with E-state index in [1.807, 2.05) is 41.3 Å². The highest BCUT2D eigenvalue weighted by molar-refractivity contribution is 5.60. The Hall–Kier alpha value is -3.28. The largest absolute Gasteiger partial charge is 0.459 e. The number of aromatic nitrogens is 2. The van der Waals surface area contributed by atoms with Crippen LogP contribution < -0.4 is 4.74 Å². The Balaban J connectivity index is 1.43. The monoisotopic (exact) mass is 362 g/mol. The van der Waals surface area contributed by atoms with Crippen molar-refractivity contribution in [1.29, 1.82) is 0 Å². The highest BCUT2D eigenvalue weighted by Crippen LogP contribution is 2.20. The van der Waals surface area contributed by atoms with E-state index < -0.39 is 5.82 Å². The summed E-state index contributed by atoms with van der Waals surface area (Å²) in [4.78, 5) is 14.2. The number of halogens is 1. The maximum Gasteiger partial charge on any atom is 0.318 e. The average molecular weight is 362 g/mol. The molecule has 27 heavy (non-hydrogen) atoms. The highest BCUT2D eigenvalue weighted by Gasteiger charge is 2.13. The van der Waals surface area contributed by atoms with Crippen molar-refractivity contribution >= 4 is 12.2 Å². The van der Waals surface area contributed by atoms with Crippen LogP contribution in [0.1, 0.15) is 16.7 Å². The molecule has 0 radical (unpaired) electrons. The van der Waals surface area contributed by atoms with Gasteiger partial charge in [-0.15, -0.1) is 0 Å². The maximum absolute atomic E-state index is 14.0. The van der Waals surface area contributed by atoms with Gasteiger partial charge in [0.1, 0.15) is 6.61 Å². The van der Waals surface area contributed by atoms with Crippen LogP contribution in [0.5, 0.6) is 6.01 Å². The molecule has 0 spiro atoms. The number of rotatable bonds is 5. The van der Waals surface area contributed by atoms with Crippen LogP contribution in [0.2, 0.25) is 0 Å². The summed E-state index contributed by atoms with van der Waals surface area (Å²) in [6.45, 7) is 1.91. The van der Waals surface area contributed by atoms with E-state index in [1.165, 1.54) is 11.1 Å². The summed E-state index contributed by atoms with van der Waals surface area (Å²) in [5.74, 6) is -0.595. The van der Waals surface area contributed by atoms with Gasteiger partial charge >= 0.3 is 6.01 Å². The lowest BCUT2D eigenvalue weighted by molar-refractivity contribution is 0.279. The van der Waals surface area contributed by atoms with Crippen molar-refractivity contribution in [3.05, 3.63) is 83.3 Å². The second-order valence-electron chi connectivity index (χ2n) is 6.33. The van der Waals surface area contributed by atoms with E-state index >= 15 is 0 Å². The Kier molecular flexibility index (Phi) is 5.05. The molecule has 4 rings (SSSR count). The molecule has 1 aliphatic heterocycles. The van der Waals surface area contributed by atoms with E-state index in [0.29, 0.717) is 6.61 Å². The van der Waals surface area contributed by atoms with Crippen molar-refractivity contribution in [2.75, 3.05) is 6.54 Å². The zero-order valence-corrected chi connectivity index (χ0v) is 14.8. The molecule has 136 valence electrons. The molecule has 0 unspecified atom stereocenters. The van der Waals surface area contributed by atoms with Crippen LogP contribution in [0, 0.1) is 5.82 Å². The van der Waals surface area contributed by atoms with Crippen LogP contribution in [0.4, 0.5) is 10.2 Å². The van der Waals surface area contributed by atoms with Gasteiger partial charge in [-0.2, -0.15) is 4.98 Å². The van der Waals surface area contributed by atoms with Crippen molar-refractivity contribution in [2.24, 2.45) is 4.99 Å². The van der Waals surface area contributed by atoms with Crippen LogP contribution in [0.25, 0.3) is 0 Å². The first kappa shape index (κ1) is 17.1. The van der Waals surface area contributed by atoms with Crippen molar-refractivity contribution in [1.82, 2.24) is 14.9 Å². The number of nitrogens with zero attached hydrogens (tertiary/aromatic N) is 4. The maximum atomic E-state index is 14.0. The first-order chi connectivity index (χ1) is 13.3. The quantitative estimate of drug-likeness (QED) is 0.510. The molecule has 6 heteroatoms. The molecule has 1 aliphatic rings. The molecule has 0 aliphatic carbocycles. The van der Waals surface area contributed by atoms with Gasteiger partial charge in [0.2, 0.25) is 0 Å². The lowest BCUT2D eigenvalue weighted by Gasteiger charge is -2.26. The topological polar surface area (TPSA) is 50.6 Å². The van der Waals surface area contributed by atoms with Gasteiger partial charge in [-0.25, -0.2) is 14.4 Å². The summed E-state index contributed by atoms with van der Waals surface area (Å²) in [5, 5.41) is 0. The molecule has 5 nitrogen and oxygen atoms in total. The summed E-state index contributed by atoms with van der Waals surface area (Å²) in [5.41, 5.74) is 3.61. The molecule has 0 fully saturated rings. The van der Waals surface area contributed by atoms with Gasteiger partial charge in [0.05, 0.1) is 12.5 Å². The number of ether oxygens (including phenoxy) is 1. The number of fused-ring (bicyclic) bond motifs is 1. The van der Waals surface area contributed by atoms with Crippen LogP contribution in [-0.2, 0) is 19.6 Å². The van der Waals surface area contributed by atoms with Crippen molar-refractivity contribution in [3.63, 3.8) is 0 Å². The Morgan fingerprint density at radius 3 is 2.70 bits per heavy atom. The van der Waals surface area contributed by atoms with Crippen molar-refractivity contribution in [3.8, 4) is 6.01 Å². The molecule has 0 bridgehead atoms. The summed E-state index contributed by atoms with van der Waals surface area (Å²) < 4.78 is 19.6. The fourth-order valence-electron chi connectivity index (χ4n) is 2.98. The van der Waals surface area contributed by atoms with Crippen LogP contribution >= 0.6 is 0 Å². The average Bonchev–Trinajstić information content (AvgIpc) is 2.73. The minimum Gasteiger partial charge on any atom is -0.459 e. The highest BCUT2D eigenvalue weighted by atomic mass is 19.1. The summed E-state index contributed by atoms with van der Waals surface area (Å²) >= 11 is 0.